The van der Waals surface area contributed by atoms with Crippen LogP contribution in [0.2, 0.25) is 0 Å². The second kappa shape index (κ2) is 16.8. The van der Waals surface area contributed by atoms with Crippen LogP contribution in [0.25, 0.3) is 0 Å². The molecule has 0 aliphatic heterocycles. The monoisotopic (exact) mass is 179 g/mol. The third kappa shape index (κ3) is 25.2. The second-order valence-electron chi connectivity index (χ2n) is 2.37. The third-order valence-electron chi connectivity index (χ3n) is 1.35. The molecule has 0 spiro atoms. The van der Waals surface area contributed by atoms with E-state index in [4.69, 9.17) is 0 Å². The fourth-order valence-corrected chi connectivity index (χ4v) is 0.780. The van der Waals surface area contributed by atoms with Gasteiger partial charge in [0.05, 0.1) is 0 Å². The van der Waals surface area contributed by atoms with Crippen LogP contribution in [0.5, 0.6) is 0 Å². The van der Waals surface area contributed by atoms with Gasteiger partial charge in [0.1, 0.15) is 0 Å². The van der Waals surface area contributed by atoms with E-state index in [0.717, 1.165) is 6.42 Å². The van der Waals surface area contributed by atoms with Crippen LogP contribution < -0.4 is 0 Å². The molecule has 0 saturated heterocycles. The Morgan fingerprint density at radius 3 is 1.91 bits per heavy atom. The van der Waals surface area contributed by atoms with Gasteiger partial charge in [-0.1, -0.05) is 52.4 Å². The molecule has 1 radical (unpaired) electrons. The van der Waals surface area contributed by atoms with Crippen molar-refractivity contribution in [2.24, 2.45) is 0 Å². The lowest BCUT2D eigenvalue weighted by molar-refractivity contribution is 0.637. The van der Waals surface area contributed by atoms with Crippen molar-refractivity contribution in [2.75, 3.05) is 0 Å². The summed E-state index contributed by atoms with van der Waals surface area (Å²) in [6.45, 7) is 6.02. The highest BCUT2D eigenvalue weighted by atomic mass is 27.2. The SMILES string of the molecule is [CH2]CCCCCCC.[F][AlH][F]. The maximum atomic E-state index is 9.76. The minimum absolute atomic E-state index is 1.11. The first kappa shape index (κ1) is 13.9. The van der Waals surface area contributed by atoms with Crippen molar-refractivity contribution >= 4 is 16.1 Å². The van der Waals surface area contributed by atoms with Gasteiger partial charge in [0.2, 0.25) is 0 Å². The van der Waals surface area contributed by atoms with E-state index < -0.39 is 16.1 Å². The molecule has 67 valence electrons. The number of rotatable bonds is 5. The zero-order valence-corrected chi connectivity index (χ0v) is 8.83. The minimum atomic E-state index is -2.58. The Bertz CT molecular complexity index is 45.4. The molecule has 0 aromatic carbocycles. The minimum Gasteiger partial charge on any atom is -0.377 e. The lowest BCUT2D eigenvalue weighted by Gasteiger charge is -1.93. The summed E-state index contributed by atoms with van der Waals surface area (Å²) < 4.78 is 19.5. The summed E-state index contributed by atoms with van der Waals surface area (Å²) in [5.41, 5.74) is 0. The highest BCUT2D eigenvalue weighted by Gasteiger charge is 1.83. The Morgan fingerprint density at radius 2 is 1.55 bits per heavy atom. The molecular formula is C8H18AlF2. The van der Waals surface area contributed by atoms with Gasteiger partial charge in [-0.3, -0.25) is 0 Å². The van der Waals surface area contributed by atoms with E-state index in [1.165, 1.54) is 32.1 Å². The zero-order valence-electron chi connectivity index (χ0n) is 7.41. The van der Waals surface area contributed by atoms with Crippen LogP contribution in [0, 0.1) is 6.92 Å². The average molecular weight is 179 g/mol. The summed E-state index contributed by atoms with van der Waals surface area (Å²) in [4.78, 5) is 0. The highest BCUT2D eigenvalue weighted by molar-refractivity contribution is 6.15. The zero-order chi connectivity index (χ0) is 8.95. The van der Waals surface area contributed by atoms with Crippen molar-refractivity contribution in [3.8, 4) is 0 Å². The summed E-state index contributed by atoms with van der Waals surface area (Å²) in [5, 5.41) is 0. The van der Waals surface area contributed by atoms with Gasteiger partial charge < -0.3 is 7.05 Å². The van der Waals surface area contributed by atoms with Gasteiger partial charge >= 0.3 is 16.1 Å². The van der Waals surface area contributed by atoms with Crippen molar-refractivity contribution in [1.29, 1.82) is 0 Å². The van der Waals surface area contributed by atoms with Crippen LogP contribution >= 0.6 is 0 Å². The van der Waals surface area contributed by atoms with Gasteiger partial charge in [-0.15, -0.1) is 0 Å². The molecule has 0 nitrogen and oxygen atoms in total. The standard InChI is InChI=1S/C8H17.Al.2FH.H/c1-3-5-7-8-6-4-2;;;;/h1,3-8H2,2H3;;2*1H;/q;+2;;;/p-2. The molecule has 0 aliphatic rings. The summed E-state index contributed by atoms with van der Waals surface area (Å²) in [7, 11) is 0. The topological polar surface area (TPSA) is 0 Å². The quantitative estimate of drug-likeness (QED) is 0.448. The van der Waals surface area contributed by atoms with Gasteiger partial charge in [0.15, 0.2) is 0 Å². The van der Waals surface area contributed by atoms with Crippen LogP contribution in [0.3, 0.4) is 0 Å². The van der Waals surface area contributed by atoms with E-state index in [1.54, 1.807) is 0 Å². The molecule has 0 N–H and O–H groups in total. The van der Waals surface area contributed by atoms with E-state index in [2.05, 4.69) is 13.8 Å². The van der Waals surface area contributed by atoms with Gasteiger partial charge in [0, 0.05) is 0 Å². The maximum Gasteiger partial charge on any atom is 0.732 e. The lowest BCUT2D eigenvalue weighted by Crippen LogP contribution is -1.74. The molecular weight excluding hydrogens is 161 g/mol. The highest BCUT2D eigenvalue weighted by Crippen LogP contribution is 2.03. The van der Waals surface area contributed by atoms with Gasteiger partial charge in [-0.05, 0) is 0 Å². The summed E-state index contributed by atoms with van der Waals surface area (Å²) in [6, 6.07) is 0. The molecule has 0 atom stereocenters. The predicted octanol–water partition coefficient (Wildman–Crippen LogP) is 3.37. The number of halogens is 2. The molecule has 0 aromatic rings. The van der Waals surface area contributed by atoms with Crippen molar-refractivity contribution in [2.45, 2.75) is 45.4 Å². The average Bonchev–Trinajstić information content (AvgIpc) is 2.00. The van der Waals surface area contributed by atoms with Crippen LogP contribution in [0.4, 0.5) is 7.05 Å². The van der Waals surface area contributed by atoms with Crippen molar-refractivity contribution < 1.29 is 7.05 Å². The van der Waals surface area contributed by atoms with E-state index in [1.807, 2.05) is 0 Å². The number of hydrogen-bond donors (Lipinski definition) is 0. The molecule has 0 heterocycles. The van der Waals surface area contributed by atoms with Crippen LogP contribution in [-0.2, 0) is 0 Å². The fraction of sp³-hybridized carbons (Fsp3) is 0.875. The maximum absolute atomic E-state index is 9.76. The summed E-state index contributed by atoms with van der Waals surface area (Å²) in [6.07, 6.45) is 7.98. The van der Waals surface area contributed by atoms with E-state index in [9.17, 15) is 7.05 Å². The molecule has 0 saturated carbocycles. The molecule has 0 amide bonds. The van der Waals surface area contributed by atoms with Gasteiger partial charge in [-0.2, -0.15) is 0 Å². The molecule has 0 aliphatic carbocycles. The molecule has 0 aromatic heterocycles. The van der Waals surface area contributed by atoms with Gasteiger partial charge in [-0.25, -0.2) is 0 Å². The van der Waals surface area contributed by atoms with Gasteiger partial charge in [0.25, 0.3) is 0 Å². The number of hydrogen-bond acceptors (Lipinski definition) is 0. The first-order valence-electron chi connectivity index (χ1n) is 4.24. The van der Waals surface area contributed by atoms with Crippen molar-refractivity contribution in [3.63, 3.8) is 0 Å². The Balaban J connectivity index is 0. The molecule has 0 unspecified atom stereocenters. The Kier molecular flexibility index (Phi) is 21.3. The van der Waals surface area contributed by atoms with Crippen LogP contribution in [0.15, 0.2) is 0 Å². The first-order chi connectivity index (χ1) is 5.33. The summed E-state index contributed by atoms with van der Waals surface area (Å²) in [5.74, 6) is 0. The Morgan fingerprint density at radius 1 is 1.09 bits per heavy atom. The van der Waals surface area contributed by atoms with E-state index >= 15 is 0 Å². The van der Waals surface area contributed by atoms with E-state index in [0.29, 0.717) is 0 Å². The largest absolute Gasteiger partial charge is 0.732 e. The molecule has 0 rings (SSSR count). The fourth-order valence-electron chi connectivity index (χ4n) is 0.780. The number of unbranched alkanes of at least 4 members (excludes halogenated alkanes) is 5. The Labute approximate surface area is 76.0 Å². The predicted molar refractivity (Wildman–Crippen MR) is 48.1 cm³/mol. The molecule has 0 bridgehead atoms. The van der Waals surface area contributed by atoms with Crippen molar-refractivity contribution in [3.05, 3.63) is 6.92 Å². The van der Waals surface area contributed by atoms with Crippen LogP contribution in [0.1, 0.15) is 45.4 Å². The van der Waals surface area contributed by atoms with E-state index in [-0.39, 0.29) is 0 Å². The smallest absolute Gasteiger partial charge is 0.377 e. The first-order valence-corrected chi connectivity index (χ1v) is 5.31. The molecule has 11 heavy (non-hydrogen) atoms. The van der Waals surface area contributed by atoms with Crippen molar-refractivity contribution in [1.82, 2.24) is 0 Å². The molecule has 0 fully saturated rings. The summed E-state index contributed by atoms with van der Waals surface area (Å²) >= 11 is -2.58. The third-order valence-corrected chi connectivity index (χ3v) is 1.35. The lowest BCUT2D eigenvalue weighted by atomic mass is 10.1. The Hall–Kier alpha value is 0.392. The second-order valence-corrected chi connectivity index (χ2v) is 2.57. The van der Waals surface area contributed by atoms with Crippen LogP contribution in [-0.4, -0.2) is 16.1 Å². The normalized spacial score (nSPS) is 8.36. The molecule has 3 heteroatoms.